The zero-order valence-electron chi connectivity index (χ0n) is 11.6. The number of rotatable bonds is 7. The molecular weight excluding hydrogens is 260 g/mol. The molecule has 2 aromatic rings. The molecule has 2 aromatic heterocycles. The number of nitrogens with zero attached hydrogens (tertiary/aromatic N) is 1. The van der Waals surface area contributed by atoms with E-state index in [4.69, 9.17) is 13.7 Å². The van der Waals surface area contributed by atoms with Gasteiger partial charge in [-0.2, -0.15) is 0 Å². The minimum Gasteiger partial charge on any atom is -0.461 e. The van der Waals surface area contributed by atoms with Crippen LogP contribution in [0.15, 0.2) is 33.4 Å². The zero-order chi connectivity index (χ0) is 14.4. The molecule has 6 nitrogen and oxygen atoms in total. The predicted molar refractivity (Wildman–Crippen MR) is 72.2 cm³/mol. The molecule has 0 aliphatic heterocycles. The topological polar surface area (TPSA) is 77.5 Å². The van der Waals surface area contributed by atoms with Crippen LogP contribution in [0.4, 0.5) is 0 Å². The van der Waals surface area contributed by atoms with Crippen LogP contribution in [0.5, 0.6) is 0 Å². The molecule has 0 fully saturated rings. The lowest BCUT2D eigenvalue weighted by atomic mass is 10.3. The Morgan fingerprint density at radius 1 is 1.45 bits per heavy atom. The van der Waals surface area contributed by atoms with Gasteiger partial charge in [0.25, 0.3) is 5.91 Å². The first-order valence-electron chi connectivity index (χ1n) is 6.57. The second kappa shape index (κ2) is 6.91. The molecule has 0 spiro atoms. The Kier molecular flexibility index (Phi) is 4.95. The van der Waals surface area contributed by atoms with Gasteiger partial charge in [-0.05, 0) is 32.4 Å². The van der Waals surface area contributed by atoms with Crippen LogP contribution >= 0.6 is 0 Å². The summed E-state index contributed by atoms with van der Waals surface area (Å²) >= 11 is 0. The summed E-state index contributed by atoms with van der Waals surface area (Å²) in [4.78, 5) is 11.8. The first-order valence-corrected chi connectivity index (χ1v) is 6.57. The van der Waals surface area contributed by atoms with Gasteiger partial charge >= 0.3 is 0 Å². The van der Waals surface area contributed by atoms with Crippen LogP contribution in [0.2, 0.25) is 0 Å². The lowest BCUT2D eigenvalue weighted by molar-refractivity contribution is 0.0756. The molecule has 0 unspecified atom stereocenters. The fraction of sp³-hybridized carbons (Fsp3) is 0.429. The molecular formula is C14H18N2O4. The number of aromatic nitrogens is 1. The molecule has 6 heteroatoms. The lowest BCUT2D eigenvalue weighted by Gasteiger charge is -2.07. The van der Waals surface area contributed by atoms with Crippen LogP contribution in [0.25, 0.3) is 11.5 Å². The van der Waals surface area contributed by atoms with Crippen LogP contribution in [0.1, 0.15) is 30.8 Å². The average Bonchev–Trinajstić information content (AvgIpc) is 3.08. The molecule has 1 amide bonds. The summed E-state index contributed by atoms with van der Waals surface area (Å²) in [5, 5.41) is 6.48. The van der Waals surface area contributed by atoms with Gasteiger partial charge < -0.3 is 19.0 Å². The zero-order valence-corrected chi connectivity index (χ0v) is 11.6. The number of nitrogens with one attached hydrogen (secondary N) is 1. The van der Waals surface area contributed by atoms with E-state index in [1.807, 2.05) is 13.8 Å². The van der Waals surface area contributed by atoms with Crippen molar-refractivity contribution in [3.05, 3.63) is 30.2 Å². The highest BCUT2D eigenvalue weighted by Gasteiger charge is 2.14. The Morgan fingerprint density at radius 3 is 3.00 bits per heavy atom. The molecule has 0 aliphatic rings. The molecule has 2 heterocycles. The summed E-state index contributed by atoms with van der Waals surface area (Å²) in [6, 6.07) is 5.04. The number of carbonyl (C=O) groups excluding carboxylic acids is 1. The van der Waals surface area contributed by atoms with Crippen molar-refractivity contribution in [1.82, 2.24) is 10.5 Å². The van der Waals surface area contributed by atoms with Crippen molar-refractivity contribution in [3.8, 4) is 11.5 Å². The quantitative estimate of drug-likeness (QED) is 0.787. The molecule has 20 heavy (non-hydrogen) atoms. The lowest BCUT2D eigenvalue weighted by Crippen LogP contribution is -2.25. The van der Waals surface area contributed by atoms with Crippen molar-refractivity contribution in [1.29, 1.82) is 0 Å². The fourth-order valence-corrected chi connectivity index (χ4v) is 1.60. The van der Waals surface area contributed by atoms with Crippen LogP contribution < -0.4 is 5.32 Å². The van der Waals surface area contributed by atoms with Gasteiger partial charge in [-0.15, -0.1) is 0 Å². The van der Waals surface area contributed by atoms with Gasteiger partial charge in [0.05, 0.1) is 12.4 Å². The molecule has 2 rings (SSSR count). The predicted octanol–water partition coefficient (Wildman–Crippen LogP) is 2.48. The minimum absolute atomic E-state index is 0.206. The monoisotopic (exact) mass is 278 g/mol. The van der Waals surface area contributed by atoms with Crippen molar-refractivity contribution in [3.63, 3.8) is 0 Å². The van der Waals surface area contributed by atoms with E-state index in [0.717, 1.165) is 6.42 Å². The van der Waals surface area contributed by atoms with E-state index >= 15 is 0 Å². The number of amides is 1. The average molecular weight is 278 g/mol. The maximum absolute atomic E-state index is 11.8. The summed E-state index contributed by atoms with van der Waals surface area (Å²) < 4.78 is 15.6. The van der Waals surface area contributed by atoms with Gasteiger partial charge in [-0.3, -0.25) is 4.79 Å². The highest BCUT2D eigenvalue weighted by atomic mass is 16.5. The van der Waals surface area contributed by atoms with Crippen LogP contribution in [-0.4, -0.2) is 30.3 Å². The summed E-state index contributed by atoms with van der Waals surface area (Å²) in [5.41, 5.74) is 0.237. The van der Waals surface area contributed by atoms with Gasteiger partial charge in [-0.1, -0.05) is 5.16 Å². The van der Waals surface area contributed by atoms with Gasteiger partial charge in [0.2, 0.25) is 5.76 Å². The van der Waals surface area contributed by atoms with Crippen molar-refractivity contribution >= 4 is 5.91 Å². The number of furan rings is 1. The molecule has 0 atom stereocenters. The van der Waals surface area contributed by atoms with E-state index in [9.17, 15) is 4.79 Å². The first-order chi connectivity index (χ1) is 9.66. The SMILES string of the molecule is CC(C)OCCCNC(=O)c1cc(-c2ccco2)on1. The smallest absolute Gasteiger partial charge is 0.273 e. The summed E-state index contributed by atoms with van der Waals surface area (Å²) in [6.45, 7) is 5.11. The van der Waals surface area contributed by atoms with Gasteiger partial charge in [-0.25, -0.2) is 0 Å². The molecule has 1 N–H and O–H groups in total. The van der Waals surface area contributed by atoms with Crippen LogP contribution in [-0.2, 0) is 4.74 Å². The standard InChI is InChI=1S/C14H18N2O4/c1-10(2)18-8-4-6-15-14(17)11-9-13(20-16-11)12-5-3-7-19-12/h3,5,7,9-10H,4,6,8H2,1-2H3,(H,15,17). The Bertz CT molecular complexity index is 531. The fourth-order valence-electron chi connectivity index (χ4n) is 1.60. The normalized spacial score (nSPS) is 10.9. The first kappa shape index (κ1) is 14.3. The van der Waals surface area contributed by atoms with E-state index in [0.29, 0.717) is 24.7 Å². The molecule has 0 aliphatic carbocycles. The molecule has 0 aromatic carbocycles. The summed E-state index contributed by atoms with van der Waals surface area (Å²) in [6.07, 6.45) is 2.50. The molecule has 0 saturated carbocycles. The Morgan fingerprint density at radius 2 is 2.30 bits per heavy atom. The third kappa shape index (κ3) is 3.96. The minimum atomic E-state index is -0.267. The second-order valence-electron chi connectivity index (χ2n) is 4.58. The van der Waals surface area contributed by atoms with E-state index < -0.39 is 0 Å². The Balaban J connectivity index is 1.78. The largest absolute Gasteiger partial charge is 0.461 e. The molecule has 108 valence electrons. The third-order valence-electron chi connectivity index (χ3n) is 2.56. The van der Waals surface area contributed by atoms with E-state index in [-0.39, 0.29) is 17.7 Å². The molecule has 0 saturated heterocycles. The maximum atomic E-state index is 11.8. The number of carbonyl (C=O) groups is 1. The molecule has 0 radical (unpaired) electrons. The van der Waals surface area contributed by atoms with E-state index in [2.05, 4.69) is 10.5 Å². The van der Waals surface area contributed by atoms with Gasteiger partial charge in [0.1, 0.15) is 0 Å². The summed E-state index contributed by atoms with van der Waals surface area (Å²) in [5.74, 6) is 0.710. The van der Waals surface area contributed by atoms with Crippen LogP contribution in [0, 0.1) is 0 Å². The highest BCUT2D eigenvalue weighted by molar-refractivity contribution is 5.92. The van der Waals surface area contributed by atoms with Crippen LogP contribution in [0.3, 0.4) is 0 Å². The van der Waals surface area contributed by atoms with E-state index in [1.54, 1.807) is 18.2 Å². The van der Waals surface area contributed by atoms with Crippen molar-refractivity contribution in [2.24, 2.45) is 0 Å². The highest BCUT2D eigenvalue weighted by Crippen LogP contribution is 2.20. The van der Waals surface area contributed by atoms with Crippen molar-refractivity contribution in [2.75, 3.05) is 13.2 Å². The Labute approximate surface area is 117 Å². The Hall–Kier alpha value is -2.08. The van der Waals surface area contributed by atoms with Gasteiger partial charge in [0, 0.05) is 19.2 Å². The van der Waals surface area contributed by atoms with E-state index in [1.165, 1.54) is 6.26 Å². The van der Waals surface area contributed by atoms with Crippen molar-refractivity contribution < 1.29 is 18.5 Å². The number of hydrogen-bond acceptors (Lipinski definition) is 5. The molecule has 0 bridgehead atoms. The maximum Gasteiger partial charge on any atom is 0.273 e. The van der Waals surface area contributed by atoms with Gasteiger partial charge in [0.15, 0.2) is 11.5 Å². The van der Waals surface area contributed by atoms with Crippen molar-refractivity contribution in [2.45, 2.75) is 26.4 Å². The second-order valence-corrected chi connectivity index (χ2v) is 4.58. The number of ether oxygens (including phenoxy) is 1. The number of hydrogen-bond donors (Lipinski definition) is 1. The summed E-state index contributed by atoms with van der Waals surface area (Å²) in [7, 11) is 0. The third-order valence-corrected chi connectivity index (χ3v) is 2.56.